The molecule has 2 atom stereocenters. The third-order valence-corrected chi connectivity index (χ3v) is 20.3. The summed E-state index contributed by atoms with van der Waals surface area (Å²) in [5.41, 5.74) is 10.9. The predicted molar refractivity (Wildman–Crippen MR) is 468 cm³/mol. The maximum Gasteiger partial charge on any atom is 1.00 e. The van der Waals surface area contributed by atoms with Gasteiger partial charge in [0.15, 0.2) is 11.5 Å². The average Bonchev–Trinajstić information content (AvgIpc) is 1.75. The van der Waals surface area contributed by atoms with Crippen molar-refractivity contribution in [3.8, 4) is 17.6 Å². The standard InChI is InChI=1S/C20H18FN3O4.C13H9FN2O4.C9H6FNO2.C8H6BrFO2.C8H5FN2O3.C8H7FN2O.C8H6FNO.C8H13NO.C6H6O3.CN.CH4.Cu/c1-3-12(13-7-4-9(2)28-13)23-16-17(19(26)18(16)25)24-15-11(21)6-5-10-8-22-20(27)14(10)15;1-20-12-9(10(17)11(12)18)16-8-6(14)3-2-5-4-15-13(19)7(5)8;1-13-9(12)8-4-7(10)3-2-6(8)5-11;1-12-8(11)6-4-5(10)2-3-7(6)9;9-5-2-1-4-3-10-8(12)6(4)7(5)11(13)14;9-5-2-1-4-3-11-8(12)6(4)7(5)10;9-6-2-1-5-4-10-8(11)7(5)3-6;1-3-7(9)8-5-4-6(2)10-8;1-3-4(7)5(8)6(3)9-2;1-2;;/h4-7,12,23-24H,3,8H2,1-2H3,(H,22,27);2-3,16H,4H2,1H3,(H,15,19);2-4H,1H3;2-4H,1H3;1-2H,3H2,(H,10,12);1-2H,3,10H2,(H,11,12);1-3H,4H2,(H,10,11);4-5,7H,3,9H2,1-2H3;1-2H3;;1H4;/q;;;;;;;;;-1;;+1/t12-;;;;;;;7-;;;;/m1......1..../s1. The molecule has 43 heteroatoms. The van der Waals surface area contributed by atoms with E-state index >= 15 is 0 Å². The first kappa shape index (κ1) is 106. The first-order chi connectivity index (χ1) is 62.3. The second-order valence-corrected chi connectivity index (χ2v) is 28.6. The number of aryl methyl sites for hydroxylation is 2. The number of amides is 5. The minimum atomic E-state index is -0.981. The molecule has 698 valence electrons. The number of methoxy groups -OCH3 is 4. The Labute approximate surface area is 769 Å². The minimum absolute atomic E-state index is 0. The van der Waals surface area contributed by atoms with Crippen LogP contribution in [0.5, 0.6) is 11.5 Å². The number of carbonyl (C=O) groups is 7. The molecule has 0 spiro atoms. The molecule has 2 aromatic heterocycles. The van der Waals surface area contributed by atoms with Crippen molar-refractivity contribution in [3.63, 3.8) is 0 Å². The van der Waals surface area contributed by atoms with E-state index in [1.54, 1.807) is 31.2 Å². The number of nitrogens with zero attached hydrogens (tertiary/aromatic N) is 3. The number of hydrogen-bond donors (Lipinski definition) is 10. The molecule has 0 radical (unpaired) electrons. The summed E-state index contributed by atoms with van der Waals surface area (Å²) in [6.07, 6.45) is 1.52. The summed E-state index contributed by atoms with van der Waals surface area (Å²) >= 11 is 3.10. The summed E-state index contributed by atoms with van der Waals surface area (Å²) in [5.74, 6) is -4.23. The Kier molecular flexibility index (Phi) is 37.9. The van der Waals surface area contributed by atoms with Gasteiger partial charge in [0, 0.05) is 48.3 Å². The molecule has 0 aliphatic carbocycles. The number of rotatable bonds is 15. The summed E-state index contributed by atoms with van der Waals surface area (Å²) in [6, 6.07) is 31.0. The van der Waals surface area contributed by atoms with Gasteiger partial charge in [-0.3, -0.25) is 62.9 Å². The molecule has 0 unspecified atom stereocenters. The van der Waals surface area contributed by atoms with Crippen LogP contribution in [-0.4, -0.2) is 74.8 Å². The van der Waals surface area contributed by atoms with Crippen molar-refractivity contribution >= 4 is 97.2 Å². The number of benzene rings is 7. The summed E-state index contributed by atoms with van der Waals surface area (Å²) in [7, 11) is 5.04. The smallest absolute Gasteiger partial charge is 0.512 e. The van der Waals surface area contributed by atoms with E-state index in [1.165, 1.54) is 95.2 Å². The average molecular weight is 1960 g/mol. The summed E-state index contributed by atoms with van der Waals surface area (Å²) in [5, 5.41) is 46.3. The Morgan fingerprint density at radius 3 is 1.38 bits per heavy atom. The normalized spacial score (nSPS) is 12.3. The van der Waals surface area contributed by atoms with Gasteiger partial charge in [-0.05, 0) is 174 Å². The summed E-state index contributed by atoms with van der Waals surface area (Å²) < 4.78 is 122. The van der Waals surface area contributed by atoms with Gasteiger partial charge in [-0.15, -0.1) is 0 Å². The number of nitriles is 1. The van der Waals surface area contributed by atoms with Crippen LogP contribution in [0, 0.1) is 94.8 Å². The first-order valence-corrected chi connectivity index (χ1v) is 39.2. The molecule has 0 saturated carbocycles. The Balaban J connectivity index is 0.000000235. The van der Waals surface area contributed by atoms with Gasteiger partial charge in [0.25, 0.3) is 56.7 Å². The molecule has 12 N–H and O–H groups in total. The van der Waals surface area contributed by atoms with Crippen LogP contribution >= 0.6 is 15.9 Å². The molecule has 12 aromatic rings. The van der Waals surface area contributed by atoms with Crippen molar-refractivity contribution in [2.24, 2.45) is 5.73 Å². The van der Waals surface area contributed by atoms with Crippen LogP contribution in [0.25, 0.3) is 0 Å². The minimum Gasteiger partial charge on any atom is -0.512 e. The monoisotopic (exact) mass is 1950 g/mol. The van der Waals surface area contributed by atoms with Crippen LogP contribution in [-0.2, 0) is 59.3 Å². The van der Waals surface area contributed by atoms with E-state index in [9.17, 15) is 103 Å². The zero-order valence-corrected chi connectivity index (χ0v) is 73.2. The number of nitrogen functional groups attached to an aromatic ring is 1. The van der Waals surface area contributed by atoms with Crippen molar-refractivity contribution in [1.29, 1.82) is 10.5 Å². The van der Waals surface area contributed by atoms with Gasteiger partial charge in [-0.2, -0.15) is 9.65 Å². The fourth-order valence-corrected chi connectivity index (χ4v) is 13.2. The number of fused-ring (bicyclic) bond motifs is 5. The van der Waals surface area contributed by atoms with Crippen LogP contribution < -0.4 is 96.0 Å². The zero-order valence-electron chi connectivity index (χ0n) is 70.6. The molecule has 10 aromatic carbocycles. The number of nitro benzene ring substituents is 1. The maximum atomic E-state index is 14.4. The molecule has 5 aliphatic heterocycles. The van der Waals surface area contributed by atoms with Crippen molar-refractivity contribution in [2.45, 2.75) is 99.7 Å². The van der Waals surface area contributed by atoms with Gasteiger partial charge in [0.05, 0.1) is 95.9 Å². The molecule has 34 nitrogen and oxygen atoms in total. The largest absolute Gasteiger partial charge is 1.00 e. The van der Waals surface area contributed by atoms with Crippen LogP contribution in [0.3, 0.4) is 0 Å². The fraction of sp³-hybridized carbons (Fsp3) is 0.211. The Bertz CT molecular complexity index is 6750. The molecule has 0 bridgehead atoms. The summed E-state index contributed by atoms with van der Waals surface area (Å²) in [4.78, 5) is 156. The van der Waals surface area contributed by atoms with E-state index in [-0.39, 0.29) is 152 Å². The van der Waals surface area contributed by atoms with Crippen LogP contribution in [0.2, 0.25) is 0 Å². The van der Waals surface area contributed by atoms with E-state index in [0.29, 0.717) is 64.1 Å². The molecule has 0 fully saturated rings. The number of nitrogens with two attached hydrogens (primary N) is 2. The van der Waals surface area contributed by atoms with Gasteiger partial charge in [-0.1, -0.05) is 51.6 Å². The topological polar surface area (TPSA) is 524 Å². The molecule has 7 heterocycles. The molecule has 5 amide bonds. The zero-order chi connectivity index (χ0) is 96.9. The van der Waals surface area contributed by atoms with Crippen molar-refractivity contribution < 1.29 is 114 Å². The molecule has 17 rings (SSSR count). The van der Waals surface area contributed by atoms with E-state index in [2.05, 4.69) is 72.7 Å². The van der Waals surface area contributed by atoms with Gasteiger partial charge < -0.3 is 93.6 Å². The summed E-state index contributed by atoms with van der Waals surface area (Å²) in [6.45, 7) is 15.8. The predicted octanol–water partition coefficient (Wildman–Crippen LogP) is 12.2. The number of esters is 2. The first-order valence-electron chi connectivity index (χ1n) is 38.4. The van der Waals surface area contributed by atoms with E-state index in [4.69, 9.17) is 42.1 Å². The maximum absolute atomic E-state index is 14.4. The molecule has 5 aliphatic rings. The number of nitrogens with one attached hydrogen (secondary N) is 8. The second kappa shape index (κ2) is 47.5. The number of hydrogen-bond acceptors (Lipinski definition) is 28. The quantitative estimate of drug-likeness (QED) is 0.00666. The van der Waals surface area contributed by atoms with Crippen LogP contribution in [0.15, 0.2) is 169 Å². The Morgan fingerprint density at radius 2 is 0.910 bits per heavy atom. The van der Waals surface area contributed by atoms with E-state index in [0.717, 1.165) is 59.1 Å². The number of nitro groups is 1. The molecular weight excluding hydrogens is 1880 g/mol. The van der Waals surface area contributed by atoms with Crippen LogP contribution in [0.4, 0.5) is 70.5 Å². The molecular formula is C90H80BrCuF7N13O21. The Hall–Kier alpha value is -15.7. The SMILES string of the molecule is C.CC[C@@H](N)c1ccc(C)o1.CC[C@@H](Nc1c(Nc2c(F)ccc3c2C(=O)NC3)c(=O)c1=O)c1ccc(C)o1.COC(=O)c1cc(F)ccc1Br.COC(=O)c1cc(F)ccc1C#N.COc1c(C)c(=O)c1=O.COc1c(Nc2c(F)ccc3c2C(=O)NC3)c(=O)c1=O.Nc1c(F)ccc2c1C(=O)NC2.O=C1NCc2ccc(F)c([N+](=O)[O-])c21.O=C1NCc2ccc(F)cc21.[C-]#N.[Cu+]. The third-order valence-electron chi connectivity index (χ3n) is 19.6. The number of halogens is 8. The van der Waals surface area contributed by atoms with Crippen molar-refractivity contribution in [1.82, 2.24) is 26.6 Å². The third kappa shape index (κ3) is 24.6. The van der Waals surface area contributed by atoms with Gasteiger partial charge in [0.2, 0.25) is 11.2 Å². The van der Waals surface area contributed by atoms with Crippen molar-refractivity contribution in [2.75, 3.05) is 50.1 Å². The fourth-order valence-electron chi connectivity index (χ4n) is 12.8. The number of furan rings is 2. The molecule has 0 saturated heterocycles. The van der Waals surface area contributed by atoms with E-state index < -0.39 is 108 Å². The van der Waals surface area contributed by atoms with Gasteiger partial charge >= 0.3 is 34.7 Å². The van der Waals surface area contributed by atoms with Crippen molar-refractivity contribution in [3.05, 3.63) is 352 Å². The van der Waals surface area contributed by atoms with Crippen LogP contribution in [0.1, 0.15) is 181 Å². The Morgan fingerprint density at radius 1 is 0.504 bits per heavy atom. The molecule has 133 heavy (non-hydrogen) atoms. The number of ether oxygens (including phenoxy) is 4. The van der Waals surface area contributed by atoms with Gasteiger partial charge in [-0.25, -0.2) is 35.9 Å². The number of anilines is 6. The van der Waals surface area contributed by atoms with Gasteiger partial charge in [0.1, 0.15) is 86.6 Å². The number of carbonyl (C=O) groups excluding carboxylic acids is 7. The van der Waals surface area contributed by atoms with E-state index in [1.807, 2.05) is 45.9 Å². The second-order valence-electron chi connectivity index (χ2n) is 27.8.